The number of fused-ring (bicyclic) bond motifs is 2. The van der Waals surface area contributed by atoms with Crippen molar-refractivity contribution in [1.82, 2.24) is 15.0 Å². The fourth-order valence-corrected chi connectivity index (χ4v) is 4.73. The van der Waals surface area contributed by atoms with E-state index in [0.717, 1.165) is 28.8 Å². The van der Waals surface area contributed by atoms with Crippen LogP contribution in [-0.2, 0) is 6.42 Å². The number of rotatable bonds is 3. The standard InChI is InChI=1S/C23H23N7O2/c24-10-15-8-13-3-1-12(7-17(13)29-21(15)25)2-4-14-9-18(20(32)19(14)31)30-6-5-16-22(26)27-11-28-23(16)30/h1-4,7-8,11,14,18-20,31-32H,5-6,9H2,(H2,25,29)(H2,26,27,28)/b4-2+/t14-,18+,19+,20-/m0/s1. The van der Waals surface area contributed by atoms with Crippen molar-refractivity contribution in [3.05, 3.63) is 53.4 Å². The van der Waals surface area contributed by atoms with E-state index in [1.54, 1.807) is 6.07 Å². The van der Waals surface area contributed by atoms with E-state index in [4.69, 9.17) is 16.7 Å². The minimum Gasteiger partial charge on any atom is -0.390 e. The molecule has 6 N–H and O–H groups in total. The summed E-state index contributed by atoms with van der Waals surface area (Å²) in [4.78, 5) is 14.7. The number of pyridine rings is 1. The van der Waals surface area contributed by atoms with Crippen LogP contribution < -0.4 is 16.4 Å². The molecule has 0 saturated heterocycles. The van der Waals surface area contributed by atoms with E-state index in [9.17, 15) is 10.2 Å². The third kappa shape index (κ3) is 3.30. The Hall–Kier alpha value is -3.74. The number of nitrogen functional groups attached to an aromatic ring is 2. The van der Waals surface area contributed by atoms with Gasteiger partial charge in [0, 0.05) is 23.4 Å². The van der Waals surface area contributed by atoms with Crippen LogP contribution in [0.3, 0.4) is 0 Å². The fraction of sp³-hybridized carbons (Fsp3) is 0.304. The highest BCUT2D eigenvalue weighted by molar-refractivity contribution is 5.84. The van der Waals surface area contributed by atoms with E-state index in [1.165, 1.54) is 6.33 Å². The molecule has 4 atom stereocenters. The van der Waals surface area contributed by atoms with E-state index in [1.807, 2.05) is 41.3 Å². The van der Waals surface area contributed by atoms with Crippen LogP contribution in [0.25, 0.3) is 17.0 Å². The summed E-state index contributed by atoms with van der Waals surface area (Å²) in [6, 6.07) is 9.19. The second kappa shape index (κ2) is 7.75. The number of benzene rings is 1. The van der Waals surface area contributed by atoms with E-state index in [2.05, 4.69) is 15.0 Å². The lowest BCUT2D eigenvalue weighted by molar-refractivity contribution is 0.0229. The van der Waals surface area contributed by atoms with Gasteiger partial charge in [-0.15, -0.1) is 0 Å². The van der Waals surface area contributed by atoms with Crippen molar-refractivity contribution in [1.29, 1.82) is 5.26 Å². The number of aliphatic hydroxyl groups is 2. The molecule has 1 fully saturated rings. The fourth-order valence-electron chi connectivity index (χ4n) is 4.73. The Morgan fingerprint density at radius 3 is 2.78 bits per heavy atom. The van der Waals surface area contributed by atoms with Gasteiger partial charge in [-0.3, -0.25) is 0 Å². The van der Waals surface area contributed by atoms with Crippen molar-refractivity contribution in [3.63, 3.8) is 0 Å². The molecule has 0 spiro atoms. The van der Waals surface area contributed by atoms with Crippen molar-refractivity contribution in [2.45, 2.75) is 31.1 Å². The van der Waals surface area contributed by atoms with Crippen molar-refractivity contribution in [2.24, 2.45) is 5.92 Å². The molecule has 1 saturated carbocycles. The highest BCUT2D eigenvalue weighted by Gasteiger charge is 2.45. The first-order valence-corrected chi connectivity index (χ1v) is 10.5. The Bertz CT molecular complexity index is 1270. The van der Waals surface area contributed by atoms with Gasteiger partial charge in [0.25, 0.3) is 0 Å². The minimum atomic E-state index is -0.894. The maximum Gasteiger partial charge on any atom is 0.142 e. The number of aliphatic hydroxyl groups excluding tert-OH is 2. The molecule has 1 aromatic carbocycles. The van der Waals surface area contributed by atoms with Crippen molar-refractivity contribution in [2.75, 3.05) is 22.9 Å². The summed E-state index contributed by atoms with van der Waals surface area (Å²) in [6.45, 7) is 0.686. The average Bonchev–Trinajstić information content (AvgIpc) is 3.34. The van der Waals surface area contributed by atoms with Crippen molar-refractivity contribution in [3.8, 4) is 6.07 Å². The highest BCUT2D eigenvalue weighted by Crippen LogP contribution is 2.38. The molecule has 1 aliphatic heterocycles. The molecular weight excluding hydrogens is 406 g/mol. The summed E-state index contributed by atoms with van der Waals surface area (Å²) in [7, 11) is 0. The number of nitrogens with two attached hydrogens (primary N) is 2. The van der Waals surface area contributed by atoms with Crippen molar-refractivity contribution >= 4 is 34.4 Å². The molecular formula is C23H23N7O2. The summed E-state index contributed by atoms with van der Waals surface area (Å²) in [5, 5.41) is 31.4. The lowest BCUT2D eigenvalue weighted by Crippen LogP contribution is -2.43. The number of hydrogen-bond acceptors (Lipinski definition) is 9. The Kier molecular flexibility index (Phi) is 4.89. The van der Waals surface area contributed by atoms with E-state index in [0.29, 0.717) is 29.9 Å². The molecule has 5 rings (SSSR count). The Labute approximate surface area is 184 Å². The summed E-state index contributed by atoms with van der Waals surface area (Å²) in [6.07, 6.45) is 4.81. The van der Waals surface area contributed by atoms with E-state index >= 15 is 0 Å². The van der Waals surface area contributed by atoms with Gasteiger partial charge in [0.2, 0.25) is 0 Å². The SMILES string of the molecule is N#Cc1cc2ccc(/C=C/[C@H]3C[C@@H](N4CCc5c(N)ncnc54)[C@H](O)[C@@H]3O)cc2nc1N. The number of nitrogens with zero attached hydrogens (tertiary/aromatic N) is 5. The van der Waals surface area contributed by atoms with Gasteiger partial charge in [0.15, 0.2) is 0 Å². The summed E-state index contributed by atoms with van der Waals surface area (Å²) < 4.78 is 0. The lowest BCUT2D eigenvalue weighted by atomic mass is 10.0. The van der Waals surface area contributed by atoms with Crippen LogP contribution in [0, 0.1) is 17.2 Å². The molecule has 2 aromatic heterocycles. The molecule has 0 bridgehead atoms. The highest BCUT2D eigenvalue weighted by atomic mass is 16.3. The van der Waals surface area contributed by atoms with Crippen LogP contribution in [0.1, 0.15) is 23.1 Å². The molecule has 3 aromatic rings. The normalized spacial score (nSPS) is 24.8. The molecule has 3 heterocycles. The number of anilines is 3. The second-order valence-electron chi connectivity index (χ2n) is 8.30. The number of aromatic nitrogens is 3. The predicted octanol–water partition coefficient (Wildman–Crippen LogP) is 1.25. The first-order chi connectivity index (χ1) is 15.5. The molecule has 9 heteroatoms. The second-order valence-corrected chi connectivity index (χ2v) is 8.30. The van der Waals surface area contributed by atoms with Gasteiger partial charge in [-0.25, -0.2) is 15.0 Å². The Morgan fingerprint density at radius 1 is 1.12 bits per heavy atom. The van der Waals surface area contributed by atoms with Gasteiger partial charge < -0.3 is 26.6 Å². The van der Waals surface area contributed by atoms with E-state index < -0.39 is 12.2 Å². The van der Waals surface area contributed by atoms with Crippen LogP contribution in [0.15, 0.2) is 36.7 Å². The first-order valence-electron chi connectivity index (χ1n) is 10.5. The van der Waals surface area contributed by atoms with Gasteiger partial charge in [0.1, 0.15) is 36.0 Å². The molecule has 0 unspecified atom stereocenters. The minimum absolute atomic E-state index is 0.202. The average molecular weight is 429 g/mol. The van der Waals surface area contributed by atoms with Gasteiger partial charge in [0.05, 0.1) is 23.2 Å². The zero-order chi connectivity index (χ0) is 22.4. The summed E-state index contributed by atoms with van der Waals surface area (Å²) in [5.74, 6) is 1.20. The van der Waals surface area contributed by atoms with Crippen molar-refractivity contribution < 1.29 is 10.2 Å². The van der Waals surface area contributed by atoms with E-state index in [-0.39, 0.29) is 17.8 Å². The monoisotopic (exact) mass is 429 g/mol. The predicted molar refractivity (Wildman–Crippen MR) is 121 cm³/mol. The van der Waals surface area contributed by atoms with Gasteiger partial charge in [-0.2, -0.15) is 5.26 Å². The van der Waals surface area contributed by atoms with Crippen LogP contribution in [0.4, 0.5) is 17.5 Å². The molecule has 0 radical (unpaired) electrons. The number of nitriles is 1. The zero-order valence-corrected chi connectivity index (χ0v) is 17.3. The van der Waals surface area contributed by atoms with Crippen LogP contribution in [0.5, 0.6) is 0 Å². The van der Waals surface area contributed by atoms with Crippen LogP contribution in [-0.4, -0.2) is 50.0 Å². The maximum atomic E-state index is 10.8. The quantitative estimate of drug-likeness (QED) is 0.480. The third-order valence-corrected chi connectivity index (χ3v) is 6.46. The Balaban J connectivity index is 1.36. The lowest BCUT2D eigenvalue weighted by Gasteiger charge is -2.28. The first kappa shape index (κ1) is 20.2. The van der Waals surface area contributed by atoms with Crippen LogP contribution in [0.2, 0.25) is 0 Å². The molecule has 162 valence electrons. The zero-order valence-electron chi connectivity index (χ0n) is 17.3. The van der Waals surface area contributed by atoms with Gasteiger partial charge >= 0.3 is 0 Å². The molecule has 32 heavy (non-hydrogen) atoms. The van der Waals surface area contributed by atoms with Gasteiger partial charge in [-0.05, 0) is 30.5 Å². The Morgan fingerprint density at radius 2 is 1.97 bits per heavy atom. The molecule has 9 nitrogen and oxygen atoms in total. The molecule has 1 aliphatic carbocycles. The topological polar surface area (TPSA) is 158 Å². The molecule has 0 amide bonds. The molecule has 2 aliphatic rings. The van der Waals surface area contributed by atoms with Gasteiger partial charge in [-0.1, -0.05) is 24.3 Å². The summed E-state index contributed by atoms with van der Waals surface area (Å²) >= 11 is 0. The number of hydrogen-bond donors (Lipinski definition) is 4. The maximum absolute atomic E-state index is 10.8. The smallest absolute Gasteiger partial charge is 0.142 e. The largest absolute Gasteiger partial charge is 0.390 e. The summed E-state index contributed by atoms with van der Waals surface area (Å²) in [5.41, 5.74) is 14.6. The van der Waals surface area contributed by atoms with Crippen LogP contribution >= 0.6 is 0 Å². The third-order valence-electron chi connectivity index (χ3n) is 6.46.